The largest absolute Gasteiger partial charge is 3.00 e. The molecule has 1 unspecified atom stereocenters. The van der Waals surface area contributed by atoms with E-state index in [0.29, 0.717) is 13.1 Å². The van der Waals surface area contributed by atoms with Gasteiger partial charge in [0.05, 0.1) is 0 Å². The second-order valence-corrected chi connectivity index (χ2v) is 5.02. The summed E-state index contributed by atoms with van der Waals surface area (Å²) >= 11 is 0. The maximum absolute atomic E-state index is 11.1. The van der Waals surface area contributed by atoms with E-state index in [9.17, 15) is 29.7 Å². The van der Waals surface area contributed by atoms with Gasteiger partial charge in [0.25, 0.3) is 0 Å². The maximum atomic E-state index is 11.1. The van der Waals surface area contributed by atoms with Crippen LogP contribution in [0.1, 0.15) is 6.92 Å². The Balaban J connectivity index is 0.00000484. The molecule has 126 valence electrons. The van der Waals surface area contributed by atoms with Gasteiger partial charge in [0.2, 0.25) is 0 Å². The Hall–Kier alpha value is -1.13. The molecule has 1 N–H and O–H groups in total. The fourth-order valence-electron chi connectivity index (χ4n) is 2.24. The molecular formula is C12H19N4O6Y. The van der Waals surface area contributed by atoms with Gasteiger partial charge in [-0.1, -0.05) is 0 Å². The first-order chi connectivity index (χ1) is 10.3. The second-order valence-electron chi connectivity index (χ2n) is 5.02. The minimum atomic E-state index is -1.49. The molecule has 3 amide bonds. The van der Waals surface area contributed by atoms with Crippen molar-refractivity contribution >= 4 is 18.3 Å². The molecule has 11 heteroatoms. The maximum Gasteiger partial charge on any atom is 3.00 e. The van der Waals surface area contributed by atoms with E-state index in [1.165, 1.54) is 0 Å². The van der Waals surface area contributed by atoms with E-state index in [1.807, 2.05) is 0 Å². The summed E-state index contributed by atoms with van der Waals surface area (Å²) in [7, 11) is 0. The molecule has 1 aliphatic rings. The monoisotopic (exact) mass is 404 g/mol. The molecule has 1 fully saturated rings. The second kappa shape index (κ2) is 10.6. The molecule has 1 saturated heterocycles. The van der Waals surface area contributed by atoms with Crippen LogP contribution in [0, 0.1) is 0 Å². The Labute approximate surface area is 159 Å². The molecule has 0 bridgehead atoms. The minimum Gasteiger partial charge on any atom is -0.530 e. The van der Waals surface area contributed by atoms with E-state index in [2.05, 4.69) is 5.32 Å². The third kappa shape index (κ3) is 7.32. The number of hydrogen-bond acceptors (Lipinski definition) is 7. The van der Waals surface area contributed by atoms with Crippen LogP contribution in [0.15, 0.2) is 0 Å². The summed E-state index contributed by atoms with van der Waals surface area (Å²) in [6, 6.07) is -0.638. The molecule has 0 radical (unpaired) electrons. The van der Waals surface area contributed by atoms with Crippen molar-refractivity contribution in [3.63, 3.8) is 0 Å². The molecule has 1 atom stereocenters. The van der Waals surface area contributed by atoms with Crippen molar-refractivity contribution in [1.29, 1.82) is 0 Å². The van der Waals surface area contributed by atoms with Gasteiger partial charge in [-0.05, 0) is 6.92 Å². The van der Waals surface area contributed by atoms with Crippen LogP contribution < -0.4 is 20.6 Å². The molecule has 10 nitrogen and oxygen atoms in total. The zero-order valence-corrected chi connectivity index (χ0v) is 15.7. The van der Waals surface area contributed by atoms with Crippen LogP contribution in [0.2, 0.25) is 0 Å². The van der Waals surface area contributed by atoms with Crippen LogP contribution in [0.25, 0.3) is 0 Å². The predicted molar refractivity (Wildman–Crippen MR) is 68.4 cm³/mol. The van der Waals surface area contributed by atoms with Crippen LogP contribution in [-0.4, -0.2) is 84.8 Å². The Morgan fingerprint density at radius 1 is 0.870 bits per heavy atom. The molecule has 0 saturated carbocycles. The third-order valence-electron chi connectivity index (χ3n) is 3.50. The number of carbonyl (C=O) groups excluding carboxylic acids is 3. The van der Waals surface area contributed by atoms with E-state index < -0.39 is 24.3 Å². The van der Waals surface area contributed by atoms with E-state index in [1.54, 1.807) is 6.92 Å². The van der Waals surface area contributed by atoms with Crippen molar-refractivity contribution in [3.05, 3.63) is 0 Å². The van der Waals surface area contributed by atoms with Crippen LogP contribution in [0.3, 0.4) is 0 Å². The first-order valence-electron chi connectivity index (χ1n) is 6.93. The molecule has 0 spiro atoms. The van der Waals surface area contributed by atoms with Crippen molar-refractivity contribution in [2.75, 3.05) is 45.8 Å². The summed E-state index contributed by atoms with van der Waals surface area (Å²) in [5, 5.41) is 36.1. The number of amides is 3. The SMILES string of the molecule is CC1CN(C(=O)[O-])CCN(C(=O)[O-])CCNCCN1C(=O)[O-].[Y+3]. The van der Waals surface area contributed by atoms with Crippen molar-refractivity contribution in [2.24, 2.45) is 0 Å². The van der Waals surface area contributed by atoms with Gasteiger partial charge in [0, 0.05) is 51.9 Å². The molecule has 1 rings (SSSR count). The molecule has 1 aliphatic heterocycles. The number of nitrogens with zero attached hydrogens (tertiary/aromatic N) is 3. The van der Waals surface area contributed by atoms with Gasteiger partial charge in [-0.25, -0.2) is 0 Å². The van der Waals surface area contributed by atoms with Gasteiger partial charge in [-0.15, -0.1) is 0 Å². The molecule has 0 aromatic heterocycles. The fourth-order valence-corrected chi connectivity index (χ4v) is 2.24. The Morgan fingerprint density at radius 2 is 1.39 bits per heavy atom. The number of carboxylic acid groups (broad SMARTS) is 3. The average molecular weight is 404 g/mol. The van der Waals surface area contributed by atoms with E-state index >= 15 is 0 Å². The van der Waals surface area contributed by atoms with Crippen LogP contribution in [-0.2, 0) is 32.7 Å². The third-order valence-corrected chi connectivity index (χ3v) is 3.50. The van der Waals surface area contributed by atoms with E-state index in [-0.39, 0.29) is 65.4 Å². The van der Waals surface area contributed by atoms with Crippen molar-refractivity contribution in [2.45, 2.75) is 13.0 Å². The van der Waals surface area contributed by atoms with E-state index in [4.69, 9.17) is 0 Å². The number of carbonyl (C=O) groups is 3. The standard InChI is InChI=1S/C12H22N4O6.Y/c1-9-8-15(11(19)20)7-6-14(10(17)18)4-2-13-3-5-16(9)12(21)22;/h9,13H,2-8H2,1H3,(H,17,18)(H,19,20)(H,21,22);/q;+3/p-3. The Kier molecular flexibility index (Phi) is 10.1. The molecule has 1 heterocycles. The number of nitrogens with one attached hydrogen (secondary N) is 1. The van der Waals surface area contributed by atoms with E-state index in [0.717, 1.165) is 14.7 Å². The van der Waals surface area contributed by atoms with Gasteiger partial charge in [-0.2, -0.15) is 0 Å². The summed E-state index contributed by atoms with van der Waals surface area (Å²) in [6.07, 6.45) is -4.26. The average Bonchev–Trinajstić information content (AvgIpc) is 2.41. The molecule has 0 aromatic carbocycles. The molecule has 0 aromatic rings. The number of hydrogen-bond donors (Lipinski definition) is 1. The molecule has 0 aliphatic carbocycles. The summed E-state index contributed by atoms with van der Waals surface area (Å²) in [6.45, 7) is 2.04. The quantitative estimate of drug-likeness (QED) is 0.433. The Morgan fingerprint density at radius 3 is 1.91 bits per heavy atom. The molecular weight excluding hydrogens is 385 g/mol. The van der Waals surface area contributed by atoms with Crippen LogP contribution in [0.4, 0.5) is 14.4 Å². The topological polar surface area (TPSA) is 142 Å². The normalized spacial score (nSPS) is 20.7. The van der Waals surface area contributed by atoms with Crippen molar-refractivity contribution in [1.82, 2.24) is 20.0 Å². The van der Waals surface area contributed by atoms with Gasteiger partial charge >= 0.3 is 32.7 Å². The van der Waals surface area contributed by atoms with Gasteiger partial charge in [0.15, 0.2) is 0 Å². The number of rotatable bonds is 0. The summed E-state index contributed by atoms with van der Waals surface area (Å²) < 4.78 is 0. The smallest absolute Gasteiger partial charge is 0.530 e. The Bertz CT molecular complexity index is 424. The van der Waals surface area contributed by atoms with Gasteiger partial charge in [0.1, 0.15) is 18.3 Å². The first kappa shape index (κ1) is 21.9. The summed E-state index contributed by atoms with van der Waals surface area (Å²) in [5.41, 5.74) is 0. The van der Waals surface area contributed by atoms with Crippen LogP contribution in [0.5, 0.6) is 0 Å². The zero-order valence-electron chi connectivity index (χ0n) is 12.9. The fraction of sp³-hybridized carbons (Fsp3) is 0.750. The van der Waals surface area contributed by atoms with Crippen molar-refractivity contribution in [3.8, 4) is 0 Å². The summed E-state index contributed by atoms with van der Waals surface area (Å²) in [4.78, 5) is 36.1. The van der Waals surface area contributed by atoms with Gasteiger partial charge in [-0.3, -0.25) is 0 Å². The molecule has 23 heavy (non-hydrogen) atoms. The summed E-state index contributed by atoms with van der Waals surface area (Å²) in [5.74, 6) is 0. The first-order valence-corrected chi connectivity index (χ1v) is 6.93. The van der Waals surface area contributed by atoms with Gasteiger partial charge < -0.3 is 49.7 Å². The minimum absolute atomic E-state index is 0. The van der Waals surface area contributed by atoms with Crippen molar-refractivity contribution < 1.29 is 62.4 Å². The predicted octanol–water partition coefficient (Wildman–Crippen LogP) is -4.09. The van der Waals surface area contributed by atoms with Crippen LogP contribution >= 0.6 is 0 Å². The zero-order chi connectivity index (χ0) is 16.7.